The quantitative estimate of drug-likeness (QED) is 0.632. The second-order valence-corrected chi connectivity index (χ2v) is 7.67. The van der Waals surface area contributed by atoms with Gasteiger partial charge in [0.15, 0.2) is 5.78 Å². The van der Waals surface area contributed by atoms with Crippen molar-refractivity contribution in [2.75, 3.05) is 0 Å². The highest BCUT2D eigenvalue weighted by Gasteiger charge is 2.20. The van der Waals surface area contributed by atoms with E-state index in [0.717, 1.165) is 6.42 Å². The number of ketones is 1. The van der Waals surface area contributed by atoms with E-state index in [0.29, 0.717) is 19.8 Å². The molecule has 1 heterocycles. The monoisotopic (exact) mass is 326 g/mol. The van der Waals surface area contributed by atoms with Crippen LogP contribution in [0.3, 0.4) is 0 Å². The second-order valence-electron chi connectivity index (χ2n) is 5.38. The molecule has 4 heteroatoms. The van der Waals surface area contributed by atoms with E-state index in [4.69, 9.17) is 23.2 Å². The van der Waals surface area contributed by atoms with Crippen LogP contribution >= 0.6 is 34.5 Å². The van der Waals surface area contributed by atoms with Gasteiger partial charge >= 0.3 is 0 Å². The Morgan fingerprint density at radius 3 is 2.25 bits per heavy atom. The third kappa shape index (κ3) is 3.08. The van der Waals surface area contributed by atoms with Crippen molar-refractivity contribution in [1.82, 2.24) is 0 Å². The molecule has 0 aliphatic carbocycles. The number of carbonyl (C=O) groups is 1. The third-order valence-corrected chi connectivity index (χ3v) is 5.20. The number of halogens is 2. The van der Waals surface area contributed by atoms with Gasteiger partial charge in [-0.05, 0) is 23.5 Å². The van der Waals surface area contributed by atoms with E-state index in [-0.39, 0.29) is 11.2 Å². The van der Waals surface area contributed by atoms with Gasteiger partial charge in [0.25, 0.3) is 0 Å². The van der Waals surface area contributed by atoms with Crippen molar-refractivity contribution in [3.63, 3.8) is 0 Å². The van der Waals surface area contributed by atoms with Gasteiger partial charge in [0.05, 0.1) is 9.90 Å². The minimum Gasteiger partial charge on any atom is -0.289 e. The van der Waals surface area contributed by atoms with Crippen molar-refractivity contribution >= 4 is 40.3 Å². The molecule has 0 bridgehead atoms. The van der Waals surface area contributed by atoms with Crippen molar-refractivity contribution in [1.29, 1.82) is 0 Å². The Hall–Kier alpha value is -0.830. The first-order chi connectivity index (χ1) is 9.35. The van der Waals surface area contributed by atoms with Gasteiger partial charge in [0.2, 0.25) is 0 Å². The van der Waals surface area contributed by atoms with Gasteiger partial charge in [-0.25, -0.2) is 0 Å². The van der Waals surface area contributed by atoms with Crippen LogP contribution in [0.15, 0.2) is 30.3 Å². The predicted molar refractivity (Wildman–Crippen MR) is 87.5 cm³/mol. The lowest BCUT2D eigenvalue weighted by atomic mass is 9.82. The predicted octanol–water partition coefficient (Wildman–Crippen LogP) is 5.97. The van der Waals surface area contributed by atoms with Crippen molar-refractivity contribution in [2.24, 2.45) is 0 Å². The molecule has 106 valence electrons. The Labute approximate surface area is 133 Å². The summed E-state index contributed by atoms with van der Waals surface area (Å²) < 4.78 is 0.972. The molecular weight excluding hydrogens is 311 g/mol. The van der Waals surface area contributed by atoms with Crippen molar-refractivity contribution in [2.45, 2.75) is 32.6 Å². The Morgan fingerprint density at radius 2 is 1.80 bits per heavy atom. The minimum atomic E-state index is -0.0843. The minimum absolute atomic E-state index is 0.0843. The van der Waals surface area contributed by atoms with Gasteiger partial charge in [-0.2, -0.15) is 0 Å². The van der Waals surface area contributed by atoms with E-state index in [1.54, 1.807) is 6.07 Å². The molecule has 0 unspecified atom stereocenters. The highest BCUT2D eigenvalue weighted by atomic mass is 35.5. The molecule has 0 spiro atoms. The maximum Gasteiger partial charge on any atom is 0.195 e. The fraction of sp³-hybridized carbons (Fsp3) is 0.312. The van der Waals surface area contributed by atoms with Crippen molar-refractivity contribution in [3.05, 3.63) is 55.7 Å². The van der Waals surface area contributed by atoms with Crippen LogP contribution in [0.4, 0.5) is 0 Å². The number of hydrogen-bond donors (Lipinski definition) is 0. The normalized spacial score (nSPS) is 11.7. The van der Waals surface area contributed by atoms with E-state index in [2.05, 4.69) is 20.8 Å². The van der Waals surface area contributed by atoms with Crippen LogP contribution in [0.2, 0.25) is 8.67 Å². The molecule has 2 rings (SSSR count). The first kappa shape index (κ1) is 15.6. The van der Waals surface area contributed by atoms with Gasteiger partial charge < -0.3 is 0 Å². The smallest absolute Gasteiger partial charge is 0.195 e. The van der Waals surface area contributed by atoms with E-state index in [1.807, 2.05) is 24.3 Å². The lowest BCUT2D eigenvalue weighted by Gasteiger charge is -2.23. The first-order valence-corrected chi connectivity index (χ1v) is 8.02. The molecule has 0 aliphatic heterocycles. The van der Waals surface area contributed by atoms with E-state index >= 15 is 0 Å². The topological polar surface area (TPSA) is 17.1 Å². The number of rotatable bonds is 4. The summed E-state index contributed by atoms with van der Waals surface area (Å²) in [6, 6.07) is 9.37. The summed E-state index contributed by atoms with van der Waals surface area (Å²) in [5.74, 6) is -0.0843. The summed E-state index contributed by atoms with van der Waals surface area (Å²) in [6.07, 6.45) is 1.05. The summed E-state index contributed by atoms with van der Waals surface area (Å²) in [5.41, 5.74) is 2.46. The summed E-state index contributed by atoms with van der Waals surface area (Å²) in [4.78, 5) is 12.4. The molecule has 0 atom stereocenters. The first-order valence-electron chi connectivity index (χ1n) is 6.45. The molecule has 0 amide bonds. The average Bonchev–Trinajstić information content (AvgIpc) is 2.77. The van der Waals surface area contributed by atoms with E-state index < -0.39 is 0 Å². The molecule has 0 fully saturated rings. The van der Waals surface area contributed by atoms with Crippen LogP contribution in [0.5, 0.6) is 0 Å². The fourth-order valence-electron chi connectivity index (χ4n) is 1.93. The van der Waals surface area contributed by atoms with Crippen LogP contribution in [-0.2, 0) is 5.41 Å². The van der Waals surface area contributed by atoms with Crippen LogP contribution < -0.4 is 0 Å². The van der Waals surface area contributed by atoms with Crippen LogP contribution in [0, 0.1) is 0 Å². The number of benzene rings is 1. The maximum atomic E-state index is 12.4. The van der Waals surface area contributed by atoms with E-state index in [9.17, 15) is 4.79 Å². The van der Waals surface area contributed by atoms with Gasteiger partial charge in [0.1, 0.15) is 4.34 Å². The van der Waals surface area contributed by atoms with Crippen molar-refractivity contribution < 1.29 is 4.79 Å². The standard InChI is InChI=1S/C16H16Cl2OS/c1-4-16(2,3)11-7-5-10(6-8-11)14(19)12-9-13(17)20-15(12)18/h5-9H,4H2,1-3H3. The van der Waals surface area contributed by atoms with Crippen LogP contribution in [0.25, 0.3) is 0 Å². The molecule has 1 aromatic carbocycles. The Balaban J connectivity index is 2.31. The zero-order chi connectivity index (χ0) is 14.9. The van der Waals surface area contributed by atoms with Gasteiger partial charge in [-0.15, -0.1) is 11.3 Å². The van der Waals surface area contributed by atoms with Gasteiger partial charge in [-0.3, -0.25) is 4.79 Å². The zero-order valence-corrected chi connectivity index (χ0v) is 14.0. The third-order valence-electron chi connectivity index (χ3n) is 3.71. The molecule has 1 aromatic heterocycles. The van der Waals surface area contributed by atoms with E-state index in [1.165, 1.54) is 16.9 Å². The molecule has 0 N–H and O–H groups in total. The highest BCUT2D eigenvalue weighted by Crippen LogP contribution is 2.33. The summed E-state index contributed by atoms with van der Waals surface area (Å²) in [5, 5.41) is 0. The Bertz CT molecular complexity index is 626. The summed E-state index contributed by atoms with van der Waals surface area (Å²) >= 11 is 13.1. The molecule has 1 nitrogen and oxygen atoms in total. The largest absolute Gasteiger partial charge is 0.289 e. The molecule has 0 aliphatic rings. The fourth-order valence-corrected chi connectivity index (χ4v) is 3.39. The van der Waals surface area contributed by atoms with Crippen LogP contribution in [-0.4, -0.2) is 5.78 Å². The average molecular weight is 327 g/mol. The second kappa shape index (κ2) is 5.88. The Morgan fingerprint density at radius 1 is 1.20 bits per heavy atom. The van der Waals surface area contributed by atoms with Gasteiger partial charge in [0, 0.05) is 5.56 Å². The van der Waals surface area contributed by atoms with Crippen molar-refractivity contribution in [3.8, 4) is 0 Å². The zero-order valence-electron chi connectivity index (χ0n) is 11.7. The Kier molecular flexibility index (Phi) is 4.58. The number of hydrogen-bond acceptors (Lipinski definition) is 2. The molecule has 20 heavy (non-hydrogen) atoms. The summed E-state index contributed by atoms with van der Waals surface area (Å²) in [6.45, 7) is 6.55. The lowest BCUT2D eigenvalue weighted by Crippen LogP contribution is -2.15. The molecule has 0 saturated carbocycles. The molecule has 2 aromatic rings. The molecule has 0 saturated heterocycles. The SMILES string of the molecule is CCC(C)(C)c1ccc(C(=O)c2cc(Cl)sc2Cl)cc1. The van der Waals surface area contributed by atoms with Gasteiger partial charge in [-0.1, -0.05) is 68.2 Å². The number of thiophene rings is 1. The number of carbonyl (C=O) groups excluding carboxylic acids is 1. The maximum absolute atomic E-state index is 12.4. The molecular formula is C16H16Cl2OS. The highest BCUT2D eigenvalue weighted by molar-refractivity contribution is 7.20. The van der Waals surface area contributed by atoms with Crippen LogP contribution in [0.1, 0.15) is 48.7 Å². The molecule has 0 radical (unpaired) electrons. The summed E-state index contributed by atoms with van der Waals surface area (Å²) in [7, 11) is 0. The lowest BCUT2D eigenvalue weighted by molar-refractivity contribution is 0.103.